The first-order valence-electron chi connectivity index (χ1n) is 11.3. The van der Waals surface area contributed by atoms with E-state index in [0.29, 0.717) is 5.89 Å². The maximum absolute atomic E-state index is 11.6. The summed E-state index contributed by atoms with van der Waals surface area (Å²) < 4.78 is 5.43. The molecule has 2 aliphatic rings. The van der Waals surface area contributed by atoms with E-state index in [-0.39, 0.29) is 18.4 Å². The van der Waals surface area contributed by atoms with Gasteiger partial charge in [0.05, 0.1) is 12.3 Å². The highest BCUT2D eigenvalue weighted by Gasteiger charge is 2.24. The minimum absolute atomic E-state index is 0.0318. The van der Waals surface area contributed by atoms with Gasteiger partial charge in [0, 0.05) is 43.5 Å². The van der Waals surface area contributed by atoms with Crippen LogP contribution >= 0.6 is 0 Å². The Morgan fingerprint density at radius 1 is 1.19 bits per heavy atom. The van der Waals surface area contributed by atoms with Gasteiger partial charge < -0.3 is 14.6 Å². The fourth-order valence-electron chi connectivity index (χ4n) is 4.74. The van der Waals surface area contributed by atoms with Crippen molar-refractivity contribution in [3.05, 3.63) is 36.7 Å². The molecule has 0 unspecified atom stereocenters. The van der Waals surface area contributed by atoms with E-state index in [0.717, 1.165) is 57.0 Å². The molecule has 1 aromatic carbocycles. The van der Waals surface area contributed by atoms with Crippen LogP contribution in [0.15, 0.2) is 41.1 Å². The molecule has 31 heavy (non-hydrogen) atoms. The third-order valence-corrected chi connectivity index (χ3v) is 6.57. The number of oxazole rings is 1. The zero-order chi connectivity index (χ0) is 21.5. The second-order valence-electron chi connectivity index (χ2n) is 8.63. The number of carbonyl (C=O) groups excluding carboxylic acids is 1. The molecule has 4 rings (SSSR count). The summed E-state index contributed by atoms with van der Waals surface area (Å²) >= 11 is 0. The van der Waals surface area contributed by atoms with Crippen LogP contribution in [0, 0.1) is 17.2 Å². The SMILES string of the molecule is N#CCC(=O)N[C@H]1CC[C@H](CCN2CCN(c3cccc(-c4ncco4)c3)CC2)CC1. The fraction of sp³-hybridized carbons (Fsp3) is 0.542. The number of nitrogens with zero attached hydrogens (tertiary/aromatic N) is 4. The van der Waals surface area contributed by atoms with Crippen molar-refractivity contribution in [2.24, 2.45) is 5.92 Å². The van der Waals surface area contributed by atoms with E-state index in [1.807, 2.05) is 12.1 Å². The molecular weight excluding hydrogens is 390 g/mol. The molecule has 1 N–H and O–H groups in total. The highest BCUT2D eigenvalue weighted by Crippen LogP contribution is 2.28. The van der Waals surface area contributed by atoms with Crippen LogP contribution in [0.1, 0.15) is 38.5 Å². The highest BCUT2D eigenvalue weighted by molar-refractivity contribution is 5.78. The summed E-state index contributed by atoms with van der Waals surface area (Å²) in [6.45, 7) is 5.39. The first-order chi connectivity index (χ1) is 15.2. The largest absolute Gasteiger partial charge is 0.445 e. The van der Waals surface area contributed by atoms with Crippen LogP contribution in [-0.2, 0) is 4.79 Å². The average Bonchev–Trinajstić information content (AvgIpc) is 3.34. The number of aromatic nitrogens is 1. The molecular formula is C24H31N5O2. The van der Waals surface area contributed by atoms with Crippen molar-refractivity contribution in [1.82, 2.24) is 15.2 Å². The summed E-state index contributed by atoms with van der Waals surface area (Å²) in [4.78, 5) is 20.9. The number of piperazine rings is 1. The van der Waals surface area contributed by atoms with Gasteiger partial charge in [-0.25, -0.2) is 4.98 Å². The van der Waals surface area contributed by atoms with Crippen LogP contribution < -0.4 is 10.2 Å². The van der Waals surface area contributed by atoms with E-state index >= 15 is 0 Å². The first kappa shape index (κ1) is 21.4. The third-order valence-electron chi connectivity index (χ3n) is 6.57. The van der Waals surface area contributed by atoms with Crippen molar-refractivity contribution in [3.63, 3.8) is 0 Å². The molecule has 0 bridgehead atoms. The van der Waals surface area contributed by atoms with Gasteiger partial charge in [-0.3, -0.25) is 9.69 Å². The normalized spacial score (nSPS) is 22.1. The summed E-state index contributed by atoms with van der Waals surface area (Å²) in [5.41, 5.74) is 2.25. The zero-order valence-electron chi connectivity index (χ0n) is 18.0. The lowest BCUT2D eigenvalue weighted by atomic mass is 9.84. The molecule has 2 heterocycles. The van der Waals surface area contributed by atoms with Gasteiger partial charge in [-0.1, -0.05) is 6.07 Å². The van der Waals surface area contributed by atoms with Crippen LogP contribution in [0.2, 0.25) is 0 Å². The standard InChI is InChI=1S/C24H31N5O2/c25-10-8-23(30)27-21-6-4-19(5-7-21)9-12-28-13-15-29(16-14-28)22-3-1-2-20(18-22)24-26-11-17-31-24/h1-3,11,17-19,21H,4-9,12-16H2,(H,27,30)/t19-,21-. The van der Waals surface area contributed by atoms with Crippen molar-refractivity contribution in [2.75, 3.05) is 37.6 Å². The van der Waals surface area contributed by atoms with E-state index < -0.39 is 0 Å². The summed E-state index contributed by atoms with van der Waals surface area (Å²) in [6, 6.07) is 10.6. The van der Waals surface area contributed by atoms with Crippen LogP contribution in [0.4, 0.5) is 5.69 Å². The van der Waals surface area contributed by atoms with Gasteiger partial charge in [0.2, 0.25) is 11.8 Å². The Bertz CT molecular complexity index is 876. The average molecular weight is 422 g/mol. The van der Waals surface area contributed by atoms with Crippen molar-refractivity contribution < 1.29 is 9.21 Å². The number of anilines is 1. The minimum atomic E-state index is -0.130. The van der Waals surface area contributed by atoms with Gasteiger partial charge >= 0.3 is 0 Å². The second kappa shape index (κ2) is 10.5. The highest BCUT2D eigenvalue weighted by atomic mass is 16.3. The summed E-state index contributed by atoms with van der Waals surface area (Å²) in [6.07, 6.45) is 8.91. The first-order valence-corrected chi connectivity index (χ1v) is 11.3. The maximum Gasteiger partial charge on any atom is 0.234 e. The van der Waals surface area contributed by atoms with E-state index in [1.54, 1.807) is 12.5 Å². The Morgan fingerprint density at radius 3 is 2.71 bits per heavy atom. The lowest BCUT2D eigenvalue weighted by molar-refractivity contribution is -0.121. The summed E-state index contributed by atoms with van der Waals surface area (Å²) in [7, 11) is 0. The smallest absolute Gasteiger partial charge is 0.234 e. The van der Waals surface area contributed by atoms with Gasteiger partial charge in [-0.15, -0.1) is 0 Å². The molecule has 0 radical (unpaired) electrons. The van der Waals surface area contributed by atoms with Crippen molar-refractivity contribution in [2.45, 2.75) is 44.6 Å². The Labute approximate surface area is 184 Å². The minimum Gasteiger partial charge on any atom is -0.445 e. The number of hydrogen-bond donors (Lipinski definition) is 1. The number of benzene rings is 1. The molecule has 1 aliphatic heterocycles. The lowest BCUT2D eigenvalue weighted by Crippen LogP contribution is -2.47. The number of rotatable bonds is 7. The lowest BCUT2D eigenvalue weighted by Gasteiger charge is -2.37. The predicted octanol–water partition coefficient (Wildman–Crippen LogP) is 3.44. The molecule has 7 heteroatoms. The van der Waals surface area contributed by atoms with Crippen LogP contribution in [0.3, 0.4) is 0 Å². The van der Waals surface area contributed by atoms with Crippen LogP contribution in [-0.4, -0.2) is 54.6 Å². The number of hydrogen-bond acceptors (Lipinski definition) is 6. The molecule has 1 aromatic heterocycles. The van der Waals surface area contributed by atoms with Crippen LogP contribution in [0.5, 0.6) is 0 Å². The fourth-order valence-corrected chi connectivity index (χ4v) is 4.74. The Hall–Kier alpha value is -2.85. The predicted molar refractivity (Wildman–Crippen MR) is 119 cm³/mol. The van der Waals surface area contributed by atoms with Gasteiger partial charge in [0.25, 0.3) is 0 Å². The van der Waals surface area contributed by atoms with Crippen molar-refractivity contribution >= 4 is 11.6 Å². The summed E-state index contributed by atoms with van der Waals surface area (Å²) in [5.74, 6) is 1.29. The zero-order valence-corrected chi connectivity index (χ0v) is 18.0. The number of nitrogens with one attached hydrogen (secondary N) is 1. The maximum atomic E-state index is 11.6. The Morgan fingerprint density at radius 2 is 2.00 bits per heavy atom. The Balaban J connectivity index is 1.17. The van der Waals surface area contributed by atoms with Gasteiger partial charge in [-0.2, -0.15) is 5.26 Å². The molecule has 1 amide bonds. The third kappa shape index (κ3) is 5.86. The quantitative estimate of drug-likeness (QED) is 0.737. The van der Waals surface area contributed by atoms with Crippen molar-refractivity contribution in [3.8, 4) is 17.5 Å². The van der Waals surface area contributed by atoms with E-state index in [9.17, 15) is 4.79 Å². The second-order valence-corrected chi connectivity index (χ2v) is 8.63. The molecule has 0 spiro atoms. The number of carbonyl (C=O) groups is 1. The molecule has 2 fully saturated rings. The number of nitriles is 1. The topological polar surface area (TPSA) is 85.4 Å². The molecule has 164 valence electrons. The summed E-state index contributed by atoms with van der Waals surface area (Å²) in [5, 5.41) is 11.6. The molecule has 1 saturated carbocycles. The van der Waals surface area contributed by atoms with E-state index in [1.165, 1.54) is 24.9 Å². The molecule has 7 nitrogen and oxygen atoms in total. The Kier molecular flexibility index (Phi) is 7.21. The monoisotopic (exact) mass is 421 g/mol. The number of amides is 1. The molecule has 1 aliphatic carbocycles. The van der Waals surface area contributed by atoms with Gasteiger partial charge in [0.1, 0.15) is 12.7 Å². The van der Waals surface area contributed by atoms with Gasteiger partial charge in [0.15, 0.2) is 0 Å². The molecule has 2 aromatic rings. The van der Waals surface area contributed by atoms with Crippen LogP contribution in [0.25, 0.3) is 11.5 Å². The van der Waals surface area contributed by atoms with Gasteiger partial charge in [-0.05, 0) is 62.8 Å². The van der Waals surface area contributed by atoms with E-state index in [2.05, 4.69) is 38.3 Å². The molecule has 0 atom stereocenters. The van der Waals surface area contributed by atoms with Crippen molar-refractivity contribution in [1.29, 1.82) is 5.26 Å². The van der Waals surface area contributed by atoms with E-state index in [4.69, 9.17) is 9.68 Å². The molecule has 1 saturated heterocycles.